The molecule has 25 heavy (non-hydrogen) atoms. The first-order valence-electron chi connectivity index (χ1n) is 9.46. The predicted octanol–water partition coefficient (Wildman–Crippen LogP) is 4.04. The predicted molar refractivity (Wildman–Crippen MR) is 119 cm³/mol. The van der Waals surface area contributed by atoms with Gasteiger partial charge in [-0.3, -0.25) is 4.99 Å². The van der Waals surface area contributed by atoms with Crippen molar-refractivity contribution in [2.75, 3.05) is 20.1 Å². The lowest BCUT2D eigenvalue weighted by Gasteiger charge is -2.47. The van der Waals surface area contributed by atoms with Gasteiger partial charge in [0.25, 0.3) is 0 Å². The first-order chi connectivity index (χ1) is 11.7. The Kier molecular flexibility index (Phi) is 8.48. The molecule has 6 heteroatoms. The van der Waals surface area contributed by atoms with E-state index >= 15 is 0 Å². The minimum absolute atomic E-state index is 0. The number of fused-ring (bicyclic) bond motifs is 2. The van der Waals surface area contributed by atoms with Gasteiger partial charge in [-0.25, -0.2) is 0 Å². The average Bonchev–Trinajstić information content (AvgIpc) is 3.08. The van der Waals surface area contributed by atoms with Crippen LogP contribution in [0, 0.1) is 0 Å². The van der Waals surface area contributed by atoms with Crippen LogP contribution < -0.4 is 10.6 Å². The topological polar surface area (TPSA) is 39.7 Å². The van der Waals surface area contributed by atoms with Crippen molar-refractivity contribution in [1.82, 2.24) is 15.5 Å². The second-order valence-corrected chi connectivity index (χ2v) is 8.17. The second kappa shape index (κ2) is 10.1. The summed E-state index contributed by atoms with van der Waals surface area (Å²) >= 11 is 1.77. The number of nitrogens with zero attached hydrogens (tertiary/aromatic N) is 2. The molecule has 2 aliphatic heterocycles. The maximum atomic E-state index is 4.86. The summed E-state index contributed by atoms with van der Waals surface area (Å²) in [6.07, 6.45) is 6.61. The van der Waals surface area contributed by atoms with Crippen LogP contribution in [-0.4, -0.2) is 49.1 Å². The van der Waals surface area contributed by atoms with Gasteiger partial charge in [-0.05, 0) is 62.0 Å². The van der Waals surface area contributed by atoms with E-state index in [1.54, 1.807) is 11.3 Å². The number of hydrogen-bond acceptors (Lipinski definition) is 3. The third kappa shape index (κ3) is 5.57. The van der Waals surface area contributed by atoms with E-state index < -0.39 is 0 Å². The Labute approximate surface area is 173 Å². The summed E-state index contributed by atoms with van der Waals surface area (Å²) in [5, 5.41) is 11.5. The van der Waals surface area contributed by atoms with Crippen molar-refractivity contribution in [3.05, 3.63) is 22.4 Å². The van der Waals surface area contributed by atoms with Crippen LogP contribution in [-0.2, 0) is 0 Å². The van der Waals surface area contributed by atoms with E-state index in [0.29, 0.717) is 12.0 Å². The average molecular weight is 476 g/mol. The van der Waals surface area contributed by atoms with Gasteiger partial charge in [0.15, 0.2) is 5.96 Å². The lowest BCUT2D eigenvalue weighted by atomic mass is 9.82. The minimum Gasteiger partial charge on any atom is -0.357 e. The standard InChI is InChI=1S/C19H32N4S.HI/c1-4-20-19(21-12-14(2)15-8-9-24-13-15)22-16-10-17-6-5-7-18(11-16)23(17)3;/h8-9,13-14,16-18H,4-7,10-12H2,1-3H3,(H2,20,21,22);1H. The molecule has 1 aromatic rings. The van der Waals surface area contributed by atoms with E-state index in [-0.39, 0.29) is 24.0 Å². The normalized spacial score (nSPS) is 28.1. The molecule has 142 valence electrons. The molecule has 2 bridgehead atoms. The summed E-state index contributed by atoms with van der Waals surface area (Å²) in [5.74, 6) is 1.47. The molecule has 3 unspecified atom stereocenters. The lowest BCUT2D eigenvalue weighted by molar-refractivity contribution is 0.0526. The third-order valence-corrected chi connectivity index (χ3v) is 6.36. The van der Waals surface area contributed by atoms with Crippen LogP contribution >= 0.6 is 35.3 Å². The maximum Gasteiger partial charge on any atom is 0.191 e. The summed E-state index contributed by atoms with van der Waals surface area (Å²) < 4.78 is 0. The lowest BCUT2D eigenvalue weighted by Crippen LogP contribution is -2.56. The van der Waals surface area contributed by atoms with Gasteiger partial charge in [-0.1, -0.05) is 13.3 Å². The van der Waals surface area contributed by atoms with Crippen LogP contribution in [0.15, 0.2) is 21.8 Å². The van der Waals surface area contributed by atoms with Crippen molar-refractivity contribution < 1.29 is 0 Å². The van der Waals surface area contributed by atoms with Crippen molar-refractivity contribution in [2.45, 2.75) is 70.0 Å². The summed E-state index contributed by atoms with van der Waals surface area (Å²) in [6.45, 7) is 6.15. The van der Waals surface area contributed by atoms with E-state index in [1.165, 1.54) is 37.7 Å². The zero-order valence-corrected chi connectivity index (χ0v) is 18.8. The Hall–Kier alpha value is -0.340. The van der Waals surface area contributed by atoms with Crippen LogP contribution in [0.25, 0.3) is 0 Å². The summed E-state index contributed by atoms with van der Waals surface area (Å²) in [6, 6.07) is 4.28. The van der Waals surface area contributed by atoms with Gasteiger partial charge in [0.2, 0.25) is 0 Å². The van der Waals surface area contributed by atoms with Crippen LogP contribution in [0.1, 0.15) is 57.4 Å². The quantitative estimate of drug-likeness (QED) is 0.383. The molecule has 2 fully saturated rings. The molecule has 3 rings (SSSR count). The highest BCUT2D eigenvalue weighted by Gasteiger charge is 2.36. The zero-order chi connectivity index (χ0) is 16.9. The third-order valence-electron chi connectivity index (χ3n) is 5.66. The van der Waals surface area contributed by atoms with Crippen LogP contribution in [0.3, 0.4) is 0 Å². The first kappa shape index (κ1) is 21.0. The molecule has 0 aliphatic carbocycles. The SMILES string of the molecule is CCNC(=NCC(C)c1ccsc1)NC1CC2CCCC(C1)N2C.I. The highest BCUT2D eigenvalue weighted by Crippen LogP contribution is 2.32. The van der Waals surface area contributed by atoms with Gasteiger partial charge >= 0.3 is 0 Å². The number of aliphatic imine (C=N–C) groups is 1. The molecule has 0 amide bonds. The molecule has 0 spiro atoms. The van der Waals surface area contributed by atoms with E-state index in [9.17, 15) is 0 Å². The maximum absolute atomic E-state index is 4.86. The van der Waals surface area contributed by atoms with Gasteiger partial charge in [0.05, 0.1) is 0 Å². The van der Waals surface area contributed by atoms with Gasteiger partial charge in [-0.15, -0.1) is 24.0 Å². The van der Waals surface area contributed by atoms with Crippen molar-refractivity contribution in [3.8, 4) is 0 Å². The minimum atomic E-state index is 0. The molecule has 2 N–H and O–H groups in total. The fourth-order valence-corrected chi connectivity index (χ4v) is 4.92. The Balaban J connectivity index is 0.00000225. The van der Waals surface area contributed by atoms with E-state index in [1.807, 2.05) is 0 Å². The van der Waals surface area contributed by atoms with Crippen LogP contribution in [0.4, 0.5) is 0 Å². The molecule has 0 saturated carbocycles. The smallest absolute Gasteiger partial charge is 0.191 e. The number of hydrogen-bond donors (Lipinski definition) is 2. The van der Waals surface area contributed by atoms with Gasteiger partial charge < -0.3 is 15.5 Å². The van der Waals surface area contributed by atoms with E-state index in [0.717, 1.165) is 31.1 Å². The largest absolute Gasteiger partial charge is 0.357 e. The van der Waals surface area contributed by atoms with Crippen molar-refractivity contribution in [3.63, 3.8) is 0 Å². The Bertz CT molecular complexity index is 520. The summed E-state index contributed by atoms with van der Waals surface area (Å²) in [7, 11) is 2.31. The summed E-state index contributed by atoms with van der Waals surface area (Å²) in [4.78, 5) is 7.48. The fraction of sp³-hybridized carbons (Fsp3) is 0.737. The number of piperidine rings is 2. The first-order valence-corrected chi connectivity index (χ1v) is 10.4. The van der Waals surface area contributed by atoms with Gasteiger partial charge in [0.1, 0.15) is 0 Å². The Morgan fingerprint density at radius 2 is 2.08 bits per heavy atom. The summed E-state index contributed by atoms with van der Waals surface area (Å²) in [5.41, 5.74) is 1.40. The van der Waals surface area contributed by atoms with Crippen LogP contribution in [0.5, 0.6) is 0 Å². The molecular formula is C19H33IN4S. The molecule has 2 saturated heterocycles. The highest BCUT2D eigenvalue weighted by atomic mass is 127. The number of nitrogens with one attached hydrogen (secondary N) is 2. The zero-order valence-electron chi connectivity index (χ0n) is 15.7. The number of guanidine groups is 1. The highest BCUT2D eigenvalue weighted by molar-refractivity contribution is 14.0. The molecular weight excluding hydrogens is 443 g/mol. The van der Waals surface area contributed by atoms with E-state index in [4.69, 9.17) is 4.99 Å². The van der Waals surface area contributed by atoms with E-state index in [2.05, 4.69) is 53.3 Å². The molecule has 3 heterocycles. The van der Waals surface area contributed by atoms with Gasteiger partial charge in [-0.2, -0.15) is 11.3 Å². The molecule has 1 aromatic heterocycles. The Morgan fingerprint density at radius 3 is 2.68 bits per heavy atom. The van der Waals surface area contributed by atoms with Crippen molar-refractivity contribution >= 4 is 41.3 Å². The molecule has 4 nitrogen and oxygen atoms in total. The molecule has 2 aliphatic rings. The van der Waals surface area contributed by atoms with Crippen LogP contribution in [0.2, 0.25) is 0 Å². The van der Waals surface area contributed by atoms with Gasteiger partial charge in [0, 0.05) is 37.1 Å². The number of rotatable bonds is 5. The number of thiophene rings is 1. The van der Waals surface area contributed by atoms with Crippen molar-refractivity contribution in [2.24, 2.45) is 4.99 Å². The fourth-order valence-electron chi connectivity index (χ4n) is 4.14. The second-order valence-electron chi connectivity index (χ2n) is 7.39. The molecule has 3 atom stereocenters. The monoisotopic (exact) mass is 476 g/mol. The molecule has 0 aromatic carbocycles. The number of halogens is 1. The molecule has 0 radical (unpaired) electrons. The Morgan fingerprint density at radius 1 is 1.36 bits per heavy atom. The van der Waals surface area contributed by atoms with Crippen molar-refractivity contribution in [1.29, 1.82) is 0 Å².